The standard InChI is InChI=1S/C19H23N3O3/c1-13-5-3-6-15(9-13)16-7-4-8-21(11-16)17(23)12-22-10-14(2)18(24)20-19(22)25/h3,5-6,9-10,16H,4,7-8,11-12H2,1-2H3,(H,20,24,25). The van der Waals surface area contributed by atoms with Crippen molar-refractivity contribution in [1.29, 1.82) is 0 Å². The topological polar surface area (TPSA) is 75.2 Å². The molecule has 6 heteroatoms. The number of aromatic amines is 1. The Balaban J connectivity index is 1.73. The van der Waals surface area contributed by atoms with Crippen molar-refractivity contribution in [2.75, 3.05) is 13.1 Å². The predicted octanol–water partition coefficient (Wildman–Crippen LogP) is 1.56. The van der Waals surface area contributed by atoms with Gasteiger partial charge < -0.3 is 4.90 Å². The van der Waals surface area contributed by atoms with E-state index in [-0.39, 0.29) is 12.5 Å². The zero-order valence-electron chi connectivity index (χ0n) is 14.6. The molecule has 1 saturated heterocycles. The van der Waals surface area contributed by atoms with Crippen LogP contribution in [0.5, 0.6) is 0 Å². The highest BCUT2D eigenvalue weighted by atomic mass is 16.2. The van der Waals surface area contributed by atoms with E-state index in [2.05, 4.69) is 30.1 Å². The van der Waals surface area contributed by atoms with E-state index in [0.29, 0.717) is 24.6 Å². The van der Waals surface area contributed by atoms with Crippen molar-refractivity contribution in [3.8, 4) is 0 Å². The molecule has 2 aromatic rings. The molecule has 1 unspecified atom stereocenters. The summed E-state index contributed by atoms with van der Waals surface area (Å²) in [5, 5.41) is 0. The summed E-state index contributed by atoms with van der Waals surface area (Å²) in [6.07, 6.45) is 3.45. The van der Waals surface area contributed by atoms with Gasteiger partial charge in [-0.1, -0.05) is 29.8 Å². The van der Waals surface area contributed by atoms with Crippen molar-refractivity contribution in [1.82, 2.24) is 14.5 Å². The number of nitrogens with zero attached hydrogens (tertiary/aromatic N) is 2. The summed E-state index contributed by atoms with van der Waals surface area (Å²) >= 11 is 0. The molecule has 0 aliphatic carbocycles. The van der Waals surface area contributed by atoms with E-state index in [1.165, 1.54) is 21.9 Å². The Bertz CT molecular complexity index is 897. The van der Waals surface area contributed by atoms with Gasteiger partial charge in [-0.25, -0.2) is 4.79 Å². The van der Waals surface area contributed by atoms with Gasteiger partial charge in [0.15, 0.2) is 0 Å². The van der Waals surface area contributed by atoms with E-state index in [9.17, 15) is 14.4 Å². The minimum absolute atomic E-state index is 0.0447. The Morgan fingerprint density at radius 3 is 2.84 bits per heavy atom. The number of carbonyl (C=O) groups excluding carboxylic acids is 1. The van der Waals surface area contributed by atoms with Crippen molar-refractivity contribution in [3.05, 3.63) is 68.0 Å². The van der Waals surface area contributed by atoms with Gasteiger partial charge in [0, 0.05) is 30.8 Å². The Morgan fingerprint density at radius 2 is 2.08 bits per heavy atom. The molecule has 1 fully saturated rings. The van der Waals surface area contributed by atoms with Gasteiger partial charge >= 0.3 is 5.69 Å². The number of nitrogens with one attached hydrogen (secondary N) is 1. The highest BCUT2D eigenvalue weighted by Gasteiger charge is 2.25. The van der Waals surface area contributed by atoms with Crippen LogP contribution in [0.1, 0.15) is 35.4 Å². The first-order valence-corrected chi connectivity index (χ1v) is 8.59. The van der Waals surface area contributed by atoms with Gasteiger partial charge in [0.2, 0.25) is 5.91 Å². The lowest BCUT2D eigenvalue weighted by Crippen LogP contribution is -2.43. The van der Waals surface area contributed by atoms with E-state index in [1.807, 2.05) is 11.0 Å². The lowest BCUT2D eigenvalue weighted by atomic mass is 9.90. The summed E-state index contributed by atoms with van der Waals surface area (Å²) in [5.74, 6) is 0.234. The second kappa shape index (κ2) is 7.09. The van der Waals surface area contributed by atoms with Crippen LogP contribution >= 0.6 is 0 Å². The van der Waals surface area contributed by atoms with E-state index in [1.54, 1.807) is 6.92 Å². The molecule has 0 radical (unpaired) electrons. The molecular formula is C19H23N3O3. The van der Waals surface area contributed by atoms with Crippen molar-refractivity contribution in [2.45, 2.75) is 39.2 Å². The van der Waals surface area contributed by atoms with Gasteiger partial charge in [-0.3, -0.25) is 19.1 Å². The van der Waals surface area contributed by atoms with Crippen LogP contribution < -0.4 is 11.2 Å². The Kier molecular flexibility index (Phi) is 4.88. The maximum atomic E-state index is 12.6. The van der Waals surface area contributed by atoms with Crippen LogP contribution in [0, 0.1) is 13.8 Å². The summed E-state index contributed by atoms with van der Waals surface area (Å²) in [4.78, 5) is 40.0. The molecular weight excluding hydrogens is 318 g/mol. The number of aryl methyl sites for hydroxylation is 2. The van der Waals surface area contributed by atoms with Crippen molar-refractivity contribution >= 4 is 5.91 Å². The third kappa shape index (κ3) is 3.90. The summed E-state index contributed by atoms with van der Waals surface area (Å²) in [7, 11) is 0. The molecule has 25 heavy (non-hydrogen) atoms. The average molecular weight is 341 g/mol. The van der Waals surface area contributed by atoms with Gasteiger partial charge in [0.1, 0.15) is 6.54 Å². The van der Waals surface area contributed by atoms with Crippen LogP contribution in [0.25, 0.3) is 0 Å². The average Bonchev–Trinajstić information content (AvgIpc) is 2.60. The van der Waals surface area contributed by atoms with E-state index in [0.717, 1.165) is 12.8 Å². The lowest BCUT2D eigenvalue weighted by molar-refractivity contribution is -0.133. The van der Waals surface area contributed by atoms with Crippen LogP contribution in [-0.4, -0.2) is 33.4 Å². The molecule has 132 valence electrons. The van der Waals surface area contributed by atoms with Gasteiger partial charge in [0.05, 0.1) is 0 Å². The second-order valence-electron chi connectivity index (χ2n) is 6.79. The maximum Gasteiger partial charge on any atom is 0.328 e. The third-order valence-electron chi connectivity index (χ3n) is 4.78. The van der Waals surface area contributed by atoms with Crippen molar-refractivity contribution in [3.63, 3.8) is 0 Å². The number of carbonyl (C=O) groups is 1. The Morgan fingerprint density at radius 1 is 1.28 bits per heavy atom. The maximum absolute atomic E-state index is 12.6. The zero-order chi connectivity index (χ0) is 18.0. The monoisotopic (exact) mass is 341 g/mol. The highest BCUT2D eigenvalue weighted by molar-refractivity contribution is 5.76. The number of aromatic nitrogens is 2. The first-order valence-electron chi connectivity index (χ1n) is 8.59. The summed E-state index contributed by atoms with van der Waals surface area (Å²) in [6.45, 7) is 5.02. The second-order valence-corrected chi connectivity index (χ2v) is 6.79. The van der Waals surface area contributed by atoms with E-state index >= 15 is 0 Å². The van der Waals surface area contributed by atoms with Gasteiger partial charge in [-0.05, 0) is 32.3 Å². The first-order chi connectivity index (χ1) is 11.9. The molecule has 6 nitrogen and oxygen atoms in total. The molecule has 0 saturated carbocycles. The fourth-order valence-corrected chi connectivity index (χ4v) is 3.38. The number of piperidine rings is 1. The van der Waals surface area contributed by atoms with Crippen LogP contribution in [-0.2, 0) is 11.3 Å². The van der Waals surface area contributed by atoms with Crippen LogP contribution in [0.2, 0.25) is 0 Å². The number of likely N-dealkylation sites (tertiary alicyclic amines) is 1. The third-order valence-corrected chi connectivity index (χ3v) is 4.78. The molecule has 0 spiro atoms. The number of benzene rings is 1. The summed E-state index contributed by atoms with van der Waals surface area (Å²) < 4.78 is 1.27. The molecule has 2 heterocycles. The molecule has 1 aromatic carbocycles. The minimum atomic E-state index is -0.545. The SMILES string of the molecule is Cc1cccc(C2CCCN(C(=O)Cn3cc(C)c(=O)[nH]c3=O)C2)c1. The van der Waals surface area contributed by atoms with Crippen LogP contribution in [0.4, 0.5) is 0 Å². The molecule has 1 N–H and O–H groups in total. The van der Waals surface area contributed by atoms with E-state index < -0.39 is 11.2 Å². The predicted molar refractivity (Wildman–Crippen MR) is 95.8 cm³/mol. The molecule has 1 aliphatic rings. The number of hydrogen-bond donors (Lipinski definition) is 1. The Hall–Kier alpha value is -2.63. The molecule has 1 atom stereocenters. The highest BCUT2D eigenvalue weighted by Crippen LogP contribution is 2.27. The number of H-pyrrole nitrogens is 1. The smallest absolute Gasteiger partial charge is 0.328 e. The minimum Gasteiger partial charge on any atom is -0.341 e. The van der Waals surface area contributed by atoms with Gasteiger partial charge in [-0.15, -0.1) is 0 Å². The van der Waals surface area contributed by atoms with Crippen molar-refractivity contribution in [2.24, 2.45) is 0 Å². The van der Waals surface area contributed by atoms with Crippen molar-refractivity contribution < 1.29 is 4.79 Å². The number of amides is 1. The summed E-state index contributed by atoms with van der Waals surface area (Å²) in [6, 6.07) is 8.41. The molecule has 3 rings (SSSR count). The molecule has 0 bridgehead atoms. The fourth-order valence-electron chi connectivity index (χ4n) is 3.38. The van der Waals surface area contributed by atoms with Gasteiger partial charge in [0.25, 0.3) is 5.56 Å². The van der Waals surface area contributed by atoms with Crippen LogP contribution in [0.15, 0.2) is 40.1 Å². The Labute approximate surface area is 146 Å². The fraction of sp³-hybridized carbons (Fsp3) is 0.421. The lowest BCUT2D eigenvalue weighted by Gasteiger charge is -2.33. The first kappa shape index (κ1) is 17.2. The molecule has 1 aromatic heterocycles. The number of hydrogen-bond acceptors (Lipinski definition) is 3. The summed E-state index contributed by atoms with van der Waals surface area (Å²) in [5.41, 5.74) is 1.94. The largest absolute Gasteiger partial charge is 0.341 e. The van der Waals surface area contributed by atoms with E-state index in [4.69, 9.17) is 0 Å². The molecule has 1 amide bonds. The zero-order valence-corrected chi connectivity index (χ0v) is 14.6. The quantitative estimate of drug-likeness (QED) is 0.920. The van der Waals surface area contributed by atoms with Gasteiger partial charge in [-0.2, -0.15) is 0 Å². The normalized spacial score (nSPS) is 17.5. The van der Waals surface area contributed by atoms with Crippen LogP contribution in [0.3, 0.4) is 0 Å². The number of rotatable bonds is 3. The molecule has 1 aliphatic heterocycles.